The molecule has 0 radical (unpaired) electrons. The van der Waals surface area contributed by atoms with Gasteiger partial charge in [0, 0.05) is 5.92 Å². The molecule has 2 nitrogen and oxygen atoms in total. The molecule has 0 amide bonds. The van der Waals surface area contributed by atoms with Gasteiger partial charge >= 0.3 is 0 Å². The molecule has 0 saturated carbocycles. The van der Waals surface area contributed by atoms with Crippen LogP contribution in [0.3, 0.4) is 0 Å². The highest BCUT2D eigenvalue weighted by Crippen LogP contribution is 2.29. The van der Waals surface area contributed by atoms with Gasteiger partial charge in [-0.3, -0.25) is 4.18 Å². The summed E-state index contributed by atoms with van der Waals surface area (Å²) in [5.41, 5.74) is -0.606. The molecule has 56 valence electrons. The lowest BCUT2D eigenvalue weighted by Gasteiger charge is -2.18. The van der Waals surface area contributed by atoms with Crippen LogP contribution in [-0.2, 0) is 15.3 Å². The van der Waals surface area contributed by atoms with E-state index in [1.165, 1.54) is 0 Å². The van der Waals surface area contributed by atoms with Gasteiger partial charge in [-0.1, -0.05) is 12.8 Å². The van der Waals surface area contributed by atoms with Gasteiger partial charge in [0.05, 0.1) is 5.75 Å². The zero-order valence-electron chi connectivity index (χ0n) is 6.09. The summed E-state index contributed by atoms with van der Waals surface area (Å²) >= 11 is -1.16. The van der Waals surface area contributed by atoms with Crippen LogP contribution in [0.4, 0.5) is 0 Å². The number of rotatable bonds is 0. The lowest BCUT2D eigenvalue weighted by Crippen LogP contribution is -2.28. The minimum absolute atomic E-state index is 0.193. The van der Waals surface area contributed by atoms with Gasteiger partial charge in [0.15, 0.2) is 11.1 Å². The Labute approximate surface area is 63.6 Å². The lowest BCUT2D eigenvalue weighted by molar-refractivity contribution is 0.151. The van der Waals surface area contributed by atoms with Gasteiger partial charge in [-0.2, -0.15) is 0 Å². The fourth-order valence-corrected chi connectivity index (χ4v) is 2.23. The average molecular weight is 158 g/mol. The summed E-state index contributed by atoms with van der Waals surface area (Å²) in [5, 5.41) is 0. The van der Waals surface area contributed by atoms with Crippen molar-refractivity contribution in [3.8, 4) is 12.3 Å². The highest BCUT2D eigenvalue weighted by atomic mass is 32.2. The van der Waals surface area contributed by atoms with Crippen LogP contribution in [0.1, 0.15) is 13.8 Å². The molecule has 3 heteroatoms. The zero-order chi connectivity index (χ0) is 7.78. The second-order valence-electron chi connectivity index (χ2n) is 2.71. The molecule has 0 bridgehead atoms. The molecule has 0 aromatic carbocycles. The highest BCUT2D eigenvalue weighted by molar-refractivity contribution is 7.80. The van der Waals surface area contributed by atoms with E-state index in [4.69, 9.17) is 10.6 Å². The molecule has 0 aromatic heterocycles. The predicted octanol–water partition coefficient (Wildman–Crippen LogP) is 0.708. The summed E-state index contributed by atoms with van der Waals surface area (Å²) in [4.78, 5) is 0. The first-order valence-corrected chi connectivity index (χ1v) is 4.38. The van der Waals surface area contributed by atoms with E-state index in [1.54, 1.807) is 6.92 Å². The van der Waals surface area contributed by atoms with E-state index in [9.17, 15) is 4.21 Å². The molecular formula is C7H10O2S. The van der Waals surface area contributed by atoms with E-state index < -0.39 is 16.7 Å². The van der Waals surface area contributed by atoms with Gasteiger partial charge in [-0.15, -0.1) is 6.42 Å². The van der Waals surface area contributed by atoms with E-state index in [-0.39, 0.29) is 5.92 Å². The lowest BCUT2D eigenvalue weighted by atomic mass is 9.94. The molecule has 1 fully saturated rings. The van der Waals surface area contributed by atoms with Crippen molar-refractivity contribution in [2.45, 2.75) is 19.4 Å². The van der Waals surface area contributed by atoms with Crippen molar-refractivity contribution >= 4 is 11.1 Å². The molecule has 10 heavy (non-hydrogen) atoms. The Morgan fingerprint density at radius 1 is 1.90 bits per heavy atom. The van der Waals surface area contributed by atoms with Crippen LogP contribution in [0.15, 0.2) is 0 Å². The van der Waals surface area contributed by atoms with Gasteiger partial charge in [0.2, 0.25) is 0 Å². The molecule has 3 unspecified atom stereocenters. The maximum Gasteiger partial charge on any atom is 0.157 e. The van der Waals surface area contributed by atoms with Crippen LogP contribution in [0.2, 0.25) is 0 Å². The van der Waals surface area contributed by atoms with Gasteiger partial charge in [-0.05, 0) is 6.92 Å². The zero-order valence-corrected chi connectivity index (χ0v) is 6.90. The van der Waals surface area contributed by atoms with Crippen molar-refractivity contribution in [2.75, 3.05) is 5.75 Å². The van der Waals surface area contributed by atoms with Crippen LogP contribution < -0.4 is 0 Å². The highest BCUT2D eigenvalue weighted by Gasteiger charge is 2.40. The summed E-state index contributed by atoms with van der Waals surface area (Å²) in [7, 11) is 0. The standard InChI is InChI=1S/C7H10O2S/c1-4-7(3)6(2)5-10(8)9-7/h1,6H,5H2,2-3H3. The first-order valence-electron chi connectivity index (χ1n) is 3.14. The molecular weight excluding hydrogens is 148 g/mol. The van der Waals surface area contributed by atoms with Crippen molar-refractivity contribution < 1.29 is 8.39 Å². The molecule has 1 aliphatic heterocycles. The maximum absolute atomic E-state index is 10.8. The van der Waals surface area contributed by atoms with Gasteiger partial charge in [-0.25, -0.2) is 4.21 Å². The summed E-state index contributed by atoms with van der Waals surface area (Å²) in [6.07, 6.45) is 5.21. The van der Waals surface area contributed by atoms with E-state index >= 15 is 0 Å². The smallest absolute Gasteiger partial charge is 0.157 e. The fraction of sp³-hybridized carbons (Fsp3) is 0.714. The topological polar surface area (TPSA) is 26.3 Å². The Bertz CT molecular complexity index is 206. The third-order valence-electron chi connectivity index (χ3n) is 1.88. The minimum atomic E-state index is -1.16. The van der Waals surface area contributed by atoms with Gasteiger partial charge in [0.25, 0.3) is 0 Å². The van der Waals surface area contributed by atoms with Gasteiger partial charge in [0.1, 0.15) is 5.60 Å². The summed E-state index contributed by atoms with van der Waals surface area (Å²) < 4.78 is 15.9. The van der Waals surface area contributed by atoms with Gasteiger partial charge < -0.3 is 0 Å². The van der Waals surface area contributed by atoms with Crippen molar-refractivity contribution in [1.29, 1.82) is 0 Å². The molecule has 3 atom stereocenters. The summed E-state index contributed by atoms with van der Waals surface area (Å²) in [6.45, 7) is 3.74. The average Bonchev–Trinajstić information content (AvgIpc) is 2.09. The molecule has 0 aliphatic carbocycles. The largest absolute Gasteiger partial charge is 0.271 e. The number of hydrogen-bond donors (Lipinski definition) is 0. The second kappa shape index (κ2) is 2.37. The second-order valence-corrected chi connectivity index (χ2v) is 3.81. The third kappa shape index (κ3) is 1.09. The third-order valence-corrected chi connectivity index (χ3v) is 3.18. The Hall–Kier alpha value is -0.330. The molecule has 0 spiro atoms. The van der Waals surface area contributed by atoms with Crippen molar-refractivity contribution in [3.63, 3.8) is 0 Å². The molecule has 1 heterocycles. The Kier molecular flexibility index (Phi) is 1.84. The molecule has 0 N–H and O–H groups in total. The Morgan fingerprint density at radius 3 is 2.70 bits per heavy atom. The Balaban J connectivity index is 2.83. The molecule has 1 saturated heterocycles. The summed E-state index contributed by atoms with van der Waals surface area (Å²) in [5.74, 6) is 3.25. The van der Waals surface area contributed by atoms with E-state index in [1.807, 2.05) is 6.92 Å². The number of terminal acetylenes is 1. The molecule has 1 rings (SSSR count). The fourth-order valence-electron chi connectivity index (χ4n) is 0.839. The molecule has 0 aromatic rings. The van der Waals surface area contributed by atoms with Crippen molar-refractivity contribution in [2.24, 2.45) is 5.92 Å². The number of hydrogen-bond acceptors (Lipinski definition) is 2. The van der Waals surface area contributed by atoms with Crippen molar-refractivity contribution in [1.82, 2.24) is 0 Å². The summed E-state index contributed by atoms with van der Waals surface area (Å²) in [6, 6.07) is 0. The van der Waals surface area contributed by atoms with Crippen LogP contribution in [0, 0.1) is 18.3 Å². The van der Waals surface area contributed by atoms with Crippen LogP contribution in [-0.4, -0.2) is 15.6 Å². The molecule has 1 aliphatic rings. The normalized spacial score (nSPS) is 46.9. The van der Waals surface area contributed by atoms with E-state index in [0.29, 0.717) is 5.75 Å². The monoisotopic (exact) mass is 158 g/mol. The Morgan fingerprint density at radius 2 is 2.50 bits per heavy atom. The SMILES string of the molecule is C#CC1(C)OS(=O)CC1C. The first kappa shape index (κ1) is 7.77. The van der Waals surface area contributed by atoms with Crippen LogP contribution in [0.5, 0.6) is 0 Å². The first-order chi connectivity index (χ1) is 4.58. The van der Waals surface area contributed by atoms with Crippen LogP contribution in [0.25, 0.3) is 0 Å². The van der Waals surface area contributed by atoms with E-state index in [2.05, 4.69) is 5.92 Å². The van der Waals surface area contributed by atoms with E-state index in [0.717, 1.165) is 0 Å². The quantitative estimate of drug-likeness (QED) is 0.485. The van der Waals surface area contributed by atoms with Crippen LogP contribution >= 0.6 is 0 Å². The minimum Gasteiger partial charge on any atom is -0.271 e. The van der Waals surface area contributed by atoms with Crippen molar-refractivity contribution in [3.05, 3.63) is 0 Å². The maximum atomic E-state index is 10.8. The predicted molar refractivity (Wildman–Crippen MR) is 40.5 cm³/mol.